The van der Waals surface area contributed by atoms with Gasteiger partial charge in [0.15, 0.2) is 0 Å². The lowest BCUT2D eigenvalue weighted by Gasteiger charge is -2.27. The van der Waals surface area contributed by atoms with Gasteiger partial charge in [0.1, 0.15) is 0 Å². The number of benzene rings is 11. The summed E-state index contributed by atoms with van der Waals surface area (Å²) in [4.78, 5) is 25.4. The van der Waals surface area contributed by atoms with Crippen molar-refractivity contribution in [2.45, 2.75) is 6.92 Å². The third kappa shape index (κ3) is 8.06. The first-order chi connectivity index (χ1) is 41.1. The maximum atomic E-state index is 5.44. The molecule has 83 heavy (non-hydrogen) atoms. The zero-order valence-corrected chi connectivity index (χ0v) is 45.2. The van der Waals surface area contributed by atoms with Gasteiger partial charge in [0.25, 0.3) is 0 Å². The van der Waals surface area contributed by atoms with Gasteiger partial charge in [-0.15, -0.1) is 0 Å². The second-order valence-corrected chi connectivity index (χ2v) is 21.2. The van der Waals surface area contributed by atoms with Gasteiger partial charge in [-0.25, -0.2) is 9.97 Å². The van der Waals surface area contributed by atoms with Crippen LogP contribution < -0.4 is 9.80 Å². The lowest BCUT2D eigenvalue weighted by molar-refractivity contribution is 1.17. The number of pyridine rings is 2. The molecule has 0 unspecified atom stereocenters. The average Bonchev–Trinajstić information content (AvgIpc) is 3.62. The number of anilines is 6. The zero-order chi connectivity index (χ0) is 55.0. The standard InChI is InChI=1S/C75H50N8/c1-49-28-45-64-65(48-49)79-75(53-31-35-55(36-32-53)81(71-27-11-15-51-17-13-47-77-73(51)71)57-39-43-59(44-40-57)83-68-24-8-4-20-62(68)63-21-5-9-25-69(63)83)74(78-64)52-29-33-54(34-30-52)80(70-26-10-14-50-16-12-46-76-72(50)70)56-37-41-58(42-38-56)82-66-22-6-2-18-60(66)61-19-3-7-23-67(61)82/h2-48H,1H3. The van der Waals surface area contributed by atoms with E-state index in [0.717, 1.165) is 106 Å². The van der Waals surface area contributed by atoms with Gasteiger partial charge in [0.05, 0.1) is 66.9 Å². The number of para-hydroxylation sites is 6. The van der Waals surface area contributed by atoms with E-state index in [1.165, 1.54) is 43.6 Å². The van der Waals surface area contributed by atoms with Crippen molar-refractivity contribution in [1.82, 2.24) is 29.1 Å². The number of hydrogen-bond acceptors (Lipinski definition) is 6. The Morgan fingerprint density at radius 1 is 0.313 bits per heavy atom. The Bertz CT molecular complexity index is 5040. The molecule has 0 saturated carbocycles. The van der Waals surface area contributed by atoms with Crippen LogP contribution in [0.3, 0.4) is 0 Å². The minimum absolute atomic E-state index is 0.797. The second-order valence-electron chi connectivity index (χ2n) is 21.2. The molecule has 0 atom stereocenters. The summed E-state index contributed by atoms with van der Waals surface area (Å²) in [5, 5.41) is 7.07. The molecule has 0 aliphatic heterocycles. The Morgan fingerprint density at radius 3 is 1.08 bits per heavy atom. The number of rotatable bonds is 10. The van der Waals surface area contributed by atoms with Gasteiger partial charge < -0.3 is 18.9 Å². The summed E-state index contributed by atoms with van der Waals surface area (Å²) in [6, 6.07) is 97.1. The Balaban J connectivity index is 0.792. The fourth-order valence-electron chi connectivity index (χ4n) is 12.4. The van der Waals surface area contributed by atoms with Crippen LogP contribution in [0.15, 0.2) is 285 Å². The van der Waals surface area contributed by atoms with Gasteiger partial charge >= 0.3 is 0 Å². The molecular formula is C75H50N8. The first-order valence-corrected chi connectivity index (χ1v) is 28.0. The molecule has 0 amide bonds. The van der Waals surface area contributed by atoms with Crippen molar-refractivity contribution in [1.29, 1.82) is 0 Å². The van der Waals surface area contributed by atoms with Gasteiger partial charge in [-0.3, -0.25) is 9.97 Å². The number of nitrogens with zero attached hydrogens (tertiary/aromatic N) is 8. The molecule has 0 fully saturated rings. The number of aryl methyl sites for hydroxylation is 1. The maximum absolute atomic E-state index is 5.44. The van der Waals surface area contributed by atoms with Crippen LogP contribution in [0.1, 0.15) is 5.56 Å². The molecule has 0 aliphatic rings. The van der Waals surface area contributed by atoms with Crippen molar-refractivity contribution in [2.75, 3.05) is 9.80 Å². The van der Waals surface area contributed by atoms with Crippen LogP contribution in [-0.4, -0.2) is 29.1 Å². The van der Waals surface area contributed by atoms with Gasteiger partial charge in [-0.05, 0) is 146 Å². The summed E-state index contributed by atoms with van der Waals surface area (Å²) < 4.78 is 4.71. The highest BCUT2D eigenvalue weighted by molar-refractivity contribution is 6.10. The third-order valence-electron chi connectivity index (χ3n) is 16.2. The SMILES string of the molecule is Cc1ccc2nc(-c3ccc(N(c4ccc(-n5c6ccccc6c6ccccc65)cc4)c4cccc5cccnc45)cc3)c(-c3ccc(N(c4ccc(-n5c6ccccc6c6ccccc65)cc4)c4cccc5cccnc45)cc3)nc2c1. The molecular weight excluding hydrogens is 1010 g/mol. The van der Waals surface area contributed by atoms with Crippen LogP contribution in [-0.2, 0) is 0 Å². The van der Waals surface area contributed by atoms with E-state index in [-0.39, 0.29) is 0 Å². The molecule has 0 bridgehead atoms. The first kappa shape index (κ1) is 47.8. The average molecular weight is 1060 g/mol. The molecule has 0 saturated heterocycles. The predicted molar refractivity (Wildman–Crippen MR) is 344 cm³/mol. The highest BCUT2D eigenvalue weighted by atomic mass is 15.2. The van der Waals surface area contributed by atoms with Crippen molar-refractivity contribution in [3.8, 4) is 33.9 Å². The van der Waals surface area contributed by atoms with Crippen molar-refractivity contribution in [3.05, 3.63) is 291 Å². The predicted octanol–water partition coefficient (Wildman–Crippen LogP) is 19.5. The minimum Gasteiger partial charge on any atom is -0.309 e. The molecule has 390 valence electrons. The van der Waals surface area contributed by atoms with E-state index >= 15 is 0 Å². The normalized spacial score (nSPS) is 11.7. The van der Waals surface area contributed by atoms with Gasteiger partial charge in [0.2, 0.25) is 0 Å². The zero-order valence-electron chi connectivity index (χ0n) is 45.2. The minimum atomic E-state index is 0.797. The van der Waals surface area contributed by atoms with Gasteiger partial charge in [-0.1, -0.05) is 140 Å². The molecule has 5 aromatic heterocycles. The molecule has 16 aromatic rings. The monoisotopic (exact) mass is 1060 g/mol. The fraction of sp³-hybridized carbons (Fsp3) is 0.0133. The van der Waals surface area contributed by atoms with Crippen LogP contribution in [0.25, 0.3) is 110 Å². The molecule has 0 N–H and O–H groups in total. The second kappa shape index (κ2) is 19.5. The highest BCUT2D eigenvalue weighted by Crippen LogP contribution is 2.44. The summed E-state index contributed by atoms with van der Waals surface area (Å²) in [5.74, 6) is 0. The van der Waals surface area contributed by atoms with Gasteiger partial charge in [0, 0.05) is 90.0 Å². The lowest BCUT2D eigenvalue weighted by atomic mass is 10.0. The first-order valence-electron chi connectivity index (χ1n) is 28.0. The molecule has 0 spiro atoms. The maximum Gasteiger partial charge on any atom is 0.0973 e. The van der Waals surface area contributed by atoms with E-state index in [0.29, 0.717) is 0 Å². The van der Waals surface area contributed by atoms with Crippen molar-refractivity contribution >= 4 is 111 Å². The van der Waals surface area contributed by atoms with Crippen LogP contribution in [0.5, 0.6) is 0 Å². The van der Waals surface area contributed by atoms with Crippen LogP contribution in [0.2, 0.25) is 0 Å². The third-order valence-corrected chi connectivity index (χ3v) is 16.2. The van der Waals surface area contributed by atoms with E-state index in [1.807, 2.05) is 24.5 Å². The Labute approximate surface area is 478 Å². The summed E-state index contributed by atoms with van der Waals surface area (Å²) in [7, 11) is 0. The van der Waals surface area contributed by atoms with Crippen LogP contribution in [0, 0.1) is 6.92 Å². The molecule has 0 aliphatic carbocycles. The number of aromatic nitrogens is 6. The number of fused-ring (bicyclic) bond motifs is 9. The molecule has 11 aromatic carbocycles. The van der Waals surface area contributed by atoms with E-state index in [1.54, 1.807) is 0 Å². The van der Waals surface area contributed by atoms with Crippen LogP contribution >= 0.6 is 0 Å². The van der Waals surface area contributed by atoms with E-state index in [4.69, 9.17) is 19.9 Å². The quantitative estimate of drug-likeness (QED) is 0.136. The molecule has 0 radical (unpaired) electrons. The van der Waals surface area contributed by atoms with Crippen molar-refractivity contribution in [2.24, 2.45) is 0 Å². The Kier molecular flexibility index (Phi) is 11.2. The Hall–Kier alpha value is -11.2. The molecule has 8 nitrogen and oxygen atoms in total. The fourth-order valence-corrected chi connectivity index (χ4v) is 12.4. The van der Waals surface area contributed by atoms with Crippen LogP contribution in [0.4, 0.5) is 34.1 Å². The molecule has 8 heteroatoms. The topological polar surface area (TPSA) is 67.9 Å². The van der Waals surface area contributed by atoms with E-state index < -0.39 is 0 Å². The Morgan fingerprint density at radius 2 is 0.675 bits per heavy atom. The molecule has 16 rings (SSSR count). The summed E-state index contributed by atoms with van der Waals surface area (Å²) >= 11 is 0. The van der Waals surface area contributed by atoms with E-state index in [9.17, 15) is 0 Å². The van der Waals surface area contributed by atoms with E-state index in [2.05, 4.69) is 287 Å². The summed E-state index contributed by atoms with van der Waals surface area (Å²) in [6.45, 7) is 2.10. The summed E-state index contributed by atoms with van der Waals surface area (Å²) in [6.07, 6.45) is 3.74. The summed E-state index contributed by atoms with van der Waals surface area (Å²) in [5.41, 5.74) is 21.0. The largest absolute Gasteiger partial charge is 0.309 e. The highest BCUT2D eigenvalue weighted by Gasteiger charge is 2.22. The smallest absolute Gasteiger partial charge is 0.0973 e. The number of hydrogen-bond donors (Lipinski definition) is 0. The van der Waals surface area contributed by atoms with Gasteiger partial charge in [-0.2, -0.15) is 0 Å². The van der Waals surface area contributed by atoms with Crippen molar-refractivity contribution < 1.29 is 0 Å². The lowest BCUT2D eigenvalue weighted by Crippen LogP contribution is -2.11. The molecule has 5 heterocycles. The van der Waals surface area contributed by atoms with Crippen molar-refractivity contribution in [3.63, 3.8) is 0 Å².